The lowest BCUT2D eigenvalue weighted by Gasteiger charge is -2.28. The molecule has 3 aromatic carbocycles. The second-order valence-electron chi connectivity index (χ2n) is 11.6. The molecule has 0 N–H and O–H groups in total. The van der Waals surface area contributed by atoms with Gasteiger partial charge in [0.15, 0.2) is 6.10 Å². The van der Waals surface area contributed by atoms with Crippen LogP contribution in [0.5, 0.6) is 0 Å². The van der Waals surface area contributed by atoms with Crippen molar-refractivity contribution in [3.05, 3.63) is 95.0 Å². The second-order valence-corrected chi connectivity index (χ2v) is 14.1. The third-order valence-corrected chi connectivity index (χ3v) is 12.5. The van der Waals surface area contributed by atoms with Gasteiger partial charge in [0.2, 0.25) is 17.6 Å². The van der Waals surface area contributed by atoms with Crippen molar-refractivity contribution >= 4 is 83.6 Å². The smallest absolute Gasteiger partial charge is 0.339 e. The van der Waals surface area contributed by atoms with Crippen molar-refractivity contribution in [2.45, 2.75) is 29.1 Å². The van der Waals surface area contributed by atoms with Gasteiger partial charge in [-0.1, -0.05) is 85.9 Å². The molecule has 10 heteroatoms. The van der Waals surface area contributed by atoms with Gasteiger partial charge in [0.25, 0.3) is 0 Å². The number of pyridine rings is 1. The fourth-order valence-corrected chi connectivity index (χ4v) is 9.09. The van der Waals surface area contributed by atoms with E-state index in [4.69, 9.17) is 21.3 Å². The Labute approximate surface area is 275 Å². The Morgan fingerprint density at radius 1 is 0.909 bits per heavy atom. The van der Waals surface area contributed by atoms with E-state index in [9.17, 15) is 19.2 Å². The van der Waals surface area contributed by atoms with Crippen LogP contribution in [0.3, 0.4) is 0 Å². The van der Waals surface area contributed by atoms with Crippen LogP contribution in [0, 0.1) is 23.7 Å². The molecule has 7 unspecified atom stereocenters. The SMILES string of the molecule is CC(OC(=O)c1cc(-c2ccc(N3C(=O)C4C5CC(C(Br)C5Br)C4C3=O)cc2)nc2ccccc12)C(=O)c1cccc(Cl)c1. The van der Waals surface area contributed by atoms with Crippen molar-refractivity contribution < 1.29 is 23.9 Å². The number of fused-ring (bicyclic) bond motifs is 6. The zero-order valence-electron chi connectivity index (χ0n) is 23.3. The molecule has 1 aromatic heterocycles. The topological polar surface area (TPSA) is 93.6 Å². The summed E-state index contributed by atoms with van der Waals surface area (Å²) in [6.07, 6.45) is -0.169. The van der Waals surface area contributed by atoms with Crippen LogP contribution in [0.15, 0.2) is 78.9 Å². The number of esters is 1. The first kappa shape index (κ1) is 29.3. The summed E-state index contributed by atoms with van der Waals surface area (Å²) in [7, 11) is 0. The summed E-state index contributed by atoms with van der Waals surface area (Å²) in [4.78, 5) is 59.8. The number of hydrogen-bond donors (Lipinski definition) is 0. The Kier molecular flexibility index (Phi) is 7.46. The van der Waals surface area contributed by atoms with Crippen LogP contribution in [-0.4, -0.2) is 44.3 Å². The standard InChI is InChI=1S/C34H25Br2ClN2O5/c1-16(31(40)18-5-4-6-19(37)13-18)44-34(43)22-15-26(38-25-8-3-2-7-21(22)25)17-9-11-20(12-10-17)39-32(41)27-23-14-24(28(27)33(39)42)30(36)29(23)35/h2-13,15-16,23-24,27-30H,14H2,1H3. The van der Waals surface area contributed by atoms with E-state index in [0.29, 0.717) is 38.4 Å². The fraction of sp³-hybridized carbons (Fsp3) is 0.265. The van der Waals surface area contributed by atoms with E-state index in [1.165, 1.54) is 17.9 Å². The number of carbonyl (C=O) groups excluding carboxylic acids is 4. The third kappa shape index (κ3) is 4.71. The first-order chi connectivity index (χ1) is 21.1. The van der Waals surface area contributed by atoms with Crippen molar-refractivity contribution in [1.82, 2.24) is 4.98 Å². The van der Waals surface area contributed by atoms with Gasteiger partial charge < -0.3 is 4.74 Å². The van der Waals surface area contributed by atoms with Gasteiger partial charge in [0.05, 0.1) is 34.3 Å². The molecule has 4 aromatic rings. The Morgan fingerprint density at radius 3 is 2.23 bits per heavy atom. The predicted octanol–water partition coefficient (Wildman–Crippen LogP) is 7.27. The minimum atomic E-state index is -1.04. The number of rotatable bonds is 6. The van der Waals surface area contributed by atoms with Crippen LogP contribution in [0.4, 0.5) is 5.69 Å². The van der Waals surface area contributed by atoms with Crippen molar-refractivity contribution in [3.8, 4) is 11.3 Å². The van der Waals surface area contributed by atoms with E-state index in [-0.39, 0.29) is 56.5 Å². The first-order valence-electron chi connectivity index (χ1n) is 14.3. The number of para-hydroxylation sites is 1. The van der Waals surface area contributed by atoms with Crippen LogP contribution in [-0.2, 0) is 14.3 Å². The van der Waals surface area contributed by atoms with Gasteiger partial charge in [-0.05, 0) is 61.6 Å². The van der Waals surface area contributed by atoms with Gasteiger partial charge in [0.1, 0.15) is 0 Å². The molecule has 2 saturated carbocycles. The lowest BCUT2D eigenvalue weighted by atomic mass is 9.81. The molecule has 3 fully saturated rings. The number of ether oxygens (including phenoxy) is 1. The lowest BCUT2D eigenvalue weighted by molar-refractivity contribution is -0.123. The number of amides is 2. The number of carbonyl (C=O) groups is 4. The largest absolute Gasteiger partial charge is 0.451 e. The average Bonchev–Trinajstić information content (AvgIpc) is 3.64. The minimum Gasteiger partial charge on any atom is -0.451 e. The third-order valence-electron chi connectivity index (χ3n) is 9.11. The summed E-state index contributed by atoms with van der Waals surface area (Å²) in [5.41, 5.74) is 2.91. The number of halogens is 3. The maximum absolute atomic E-state index is 13.5. The highest BCUT2D eigenvalue weighted by molar-refractivity contribution is 9.12. The second kappa shape index (κ2) is 11.2. The molecular formula is C34H25Br2ClN2O5. The summed E-state index contributed by atoms with van der Waals surface area (Å²) >= 11 is 13.5. The maximum atomic E-state index is 13.5. The summed E-state index contributed by atoms with van der Waals surface area (Å²) in [6.45, 7) is 1.53. The number of nitrogens with zero attached hydrogens (tertiary/aromatic N) is 2. The number of ketones is 1. The van der Waals surface area contributed by atoms with Crippen molar-refractivity contribution in [2.75, 3.05) is 4.90 Å². The number of aromatic nitrogens is 1. The minimum absolute atomic E-state index is 0.138. The molecule has 2 amide bonds. The van der Waals surface area contributed by atoms with E-state index in [0.717, 1.165) is 6.42 Å². The average molecular weight is 737 g/mol. The highest BCUT2D eigenvalue weighted by Gasteiger charge is 2.66. The Bertz CT molecular complexity index is 1830. The van der Waals surface area contributed by atoms with Crippen LogP contribution in [0.2, 0.25) is 5.02 Å². The van der Waals surface area contributed by atoms with Gasteiger partial charge in [0, 0.05) is 31.2 Å². The first-order valence-corrected chi connectivity index (χ1v) is 16.5. The molecule has 1 saturated heterocycles. The highest BCUT2D eigenvalue weighted by atomic mass is 79.9. The molecule has 222 valence electrons. The number of Topliss-reactive ketones (excluding diaryl/α,β-unsaturated/α-hetero) is 1. The molecular weight excluding hydrogens is 712 g/mol. The lowest BCUT2D eigenvalue weighted by Crippen LogP contribution is -2.37. The number of hydrogen-bond acceptors (Lipinski definition) is 6. The molecule has 2 aliphatic carbocycles. The van der Waals surface area contributed by atoms with Crippen LogP contribution in [0.1, 0.15) is 34.1 Å². The number of alkyl halides is 2. The Hall–Kier alpha value is -3.40. The molecule has 3 aliphatic rings. The van der Waals surface area contributed by atoms with E-state index >= 15 is 0 Å². The highest BCUT2D eigenvalue weighted by Crippen LogP contribution is 2.60. The molecule has 44 heavy (non-hydrogen) atoms. The number of benzene rings is 3. The monoisotopic (exact) mass is 734 g/mol. The molecule has 2 bridgehead atoms. The molecule has 7 rings (SSSR count). The van der Waals surface area contributed by atoms with Gasteiger partial charge in [-0.2, -0.15) is 0 Å². The van der Waals surface area contributed by atoms with Crippen LogP contribution in [0.25, 0.3) is 22.2 Å². The number of imide groups is 1. The van der Waals surface area contributed by atoms with E-state index in [1.54, 1.807) is 66.7 Å². The van der Waals surface area contributed by atoms with Crippen LogP contribution >= 0.6 is 43.5 Å². The van der Waals surface area contributed by atoms with Gasteiger partial charge in [-0.3, -0.25) is 19.3 Å². The summed E-state index contributed by atoms with van der Waals surface area (Å²) in [6, 6.07) is 22.4. The van der Waals surface area contributed by atoms with E-state index in [2.05, 4.69) is 31.9 Å². The van der Waals surface area contributed by atoms with Crippen molar-refractivity contribution in [1.29, 1.82) is 0 Å². The zero-order chi connectivity index (χ0) is 30.9. The molecule has 0 radical (unpaired) electrons. The maximum Gasteiger partial charge on any atom is 0.339 e. The van der Waals surface area contributed by atoms with E-state index in [1.807, 2.05) is 6.07 Å². The molecule has 0 spiro atoms. The van der Waals surface area contributed by atoms with Gasteiger partial charge in [-0.25, -0.2) is 9.78 Å². The summed E-state index contributed by atoms with van der Waals surface area (Å²) in [5, 5.41) is 1.00. The number of anilines is 1. The normalized spacial score (nSPS) is 26.2. The summed E-state index contributed by atoms with van der Waals surface area (Å²) in [5.74, 6) is -1.62. The Balaban J connectivity index is 1.16. The molecule has 2 heterocycles. The van der Waals surface area contributed by atoms with Gasteiger partial charge >= 0.3 is 5.97 Å². The Morgan fingerprint density at radius 2 is 1.57 bits per heavy atom. The quantitative estimate of drug-likeness (QED) is 0.0896. The van der Waals surface area contributed by atoms with Gasteiger partial charge in [-0.15, -0.1) is 0 Å². The zero-order valence-corrected chi connectivity index (χ0v) is 27.3. The fourth-order valence-electron chi connectivity index (χ4n) is 7.03. The molecule has 7 nitrogen and oxygen atoms in total. The summed E-state index contributed by atoms with van der Waals surface area (Å²) < 4.78 is 5.63. The van der Waals surface area contributed by atoms with E-state index < -0.39 is 12.1 Å². The van der Waals surface area contributed by atoms with Crippen LogP contribution < -0.4 is 4.90 Å². The molecule has 7 atom stereocenters. The molecule has 1 aliphatic heterocycles. The van der Waals surface area contributed by atoms with Crippen molar-refractivity contribution in [2.24, 2.45) is 23.7 Å². The van der Waals surface area contributed by atoms with Crippen molar-refractivity contribution in [3.63, 3.8) is 0 Å². The predicted molar refractivity (Wildman–Crippen MR) is 174 cm³/mol.